The minimum atomic E-state index is -1.13. The number of phenols is 1. The molecule has 4 unspecified atom stereocenters. The van der Waals surface area contributed by atoms with Crippen molar-refractivity contribution in [2.24, 2.45) is 0 Å². The van der Waals surface area contributed by atoms with Crippen molar-refractivity contribution >= 4 is 5.78 Å². The molecule has 1 aromatic carbocycles. The smallest absolute Gasteiger partial charge is 0.197 e. The molecule has 1 aromatic rings. The van der Waals surface area contributed by atoms with Gasteiger partial charge in [-0.2, -0.15) is 0 Å². The fourth-order valence-electron chi connectivity index (χ4n) is 5.53. The summed E-state index contributed by atoms with van der Waals surface area (Å²) in [5.74, 6) is 0.332. The average molecular weight is 314 g/mol. The van der Waals surface area contributed by atoms with Crippen molar-refractivity contribution in [3.63, 3.8) is 0 Å². The zero-order chi connectivity index (χ0) is 16.2. The Bertz CT molecular complexity index is 798. The van der Waals surface area contributed by atoms with E-state index < -0.39 is 17.1 Å². The first kappa shape index (κ1) is 13.6. The summed E-state index contributed by atoms with van der Waals surface area (Å²) < 4.78 is 6.64. The molecule has 0 radical (unpaired) electrons. The lowest BCUT2D eigenvalue weighted by atomic mass is 9.50. The summed E-state index contributed by atoms with van der Waals surface area (Å²) in [5, 5.41) is 22.0. The van der Waals surface area contributed by atoms with Crippen LogP contribution in [-0.2, 0) is 16.6 Å². The van der Waals surface area contributed by atoms with Crippen LogP contribution in [0.3, 0.4) is 0 Å². The van der Waals surface area contributed by atoms with Gasteiger partial charge in [0, 0.05) is 18.4 Å². The van der Waals surface area contributed by atoms with Gasteiger partial charge in [-0.05, 0) is 23.8 Å². The quantitative estimate of drug-likeness (QED) is 0.691. The Labute approximate surface area is 134 Å². The first-order chi connectivity index (χ1) is 10.8. The molecular weight excluding hydrogens is 294 g/mol. The van der Waals surface area contributed by atoms with Crippen molar-refractivity contribution in [2.45, 2.75) is 36.0 Å². The molecule has 2 aliphatic carbocycles. The number of nitrogens with zero attached hydrogens (tertiary/aromatic N) is 1. The Kier molecular flexibility index (Phi) is 2.14. The van der Waals surface area contributed by atoms with Crippen LogP contribution in [0.25, 0.3) is 0 Å². The highest BCUT2D eigenvalue weighted by Gasteiger charge is 2.74. The third-order valence-corrected chi connectivity index (χ3v) is 6.67. The Morgan fingerprint density at radius 1 is 1.35 bits per heavy atom. The van der Waals surface area contributed by atoms with Crippen molar-refractivity contribution in [1.82, 2.24) is 0 Å². The molecule has 2 bridgehead atoms. The Balaban J connectivity index is 1.91. The van der Waals surface area contributed by atoms with Crippen LogP contribution >= 0.6 is 0 Å². The number of likely N-dealkylation sites (N-methyl/N-ethyl adjacent to an activating group) is 1. The molecule has 4 atom stereocenters. The Morgan fingerprint density at radius 3 is 2.91 bits per heavy atom. The number of carbonyl (C=O) groups is 1. The van der Waals surface area contributed by atoms with Crippen molar-refractivity contribution in [3.05, 3.63) is 35.4 Å². The van der Waals surface area contributed by atoms with E-state index in [1.54, 1.807) is 12.1 Å². The van der Waals surface area contributed by atoms with Gasteiger partial charge in [0.25, 0.3) is 0 Å². The van der Waals surface area contributed by atoms with Gasteiger partial charge >= 0.3 is 0 Å². The van der Waals surface area contributed by atoms with Gasteiger partial charge in [-0.3, -0.25) is 4.79 Å². The van der Waals surface area contributed by atoms with Gasteiger partial charge in [0.2, 0.25) is 0 Å². The SMILES string of the molecule is C[N+]1(C)CCC23c4c5ccc(O)c4OC2C(=O)C=CC3(O)C1C5. The van der Waals surface area contributed by atoms with Gasteiger partial charge in [-0.25, -0.2) is 0 Å². The predicted octanol–water partition coefficient (Wildman–Crippen LogP) is 0.666. The highest BCUT2D eigenvalue weighted by atomic mass is 16.5. The van der Waals surface area contributed by atoms with E-state index in [1.807, 2.05) is 6.07 Å². The van der Waals surface area contributed by atoms with Gasteiger partial charge < -0.3 is 19.4 Å². The molecule has 4 aliphatic rings. The van der Waals surface area contributed by atoms with Gasteiger partial charge in [0.05, 0.1) is 26.1 Å². The van der Waals surface area contributed by atoms with Crippen LogP contribution in [0.1, 0.15) is 17.5 Å². The first-order valence-electron chi connectivity index (χ1n) is 8.11. The Morgan fingerprint density at radius 2 is 2.13 bits per heavy atom. The summed E-state index contributed by atoms with van der Waals surface area (Å²) in [4.78, 5) is 12.5. The van der Waals surface area contributed by atoms with Crippen LogP contribution in [0.4, 0.5) is 0 Å². The number of hydrogen-bond acceptors (Lipinski definition) is 4. The lowest BCUT2D eigenvalue weighted by Gasteiger charge is -2.61. The summed E-state index contributed by atoms with van der Waals surface area (Å²) in [7, 11) is 4.27. The summed E-state index contributed by atoms with van der Waals surface area (Å²) in [6.45, 7) is 0.864. The van der Waals surface area contributed by atoms with E-state index in [-0.39, 0.29) is 17.6 Å². The minimum absolute atomic E-state index is 0.0327. The number of quaternary nitrogens is 1. The molecule has 2 N–H and O–H groups in total. The summed E-state index contributed by atoms with van der Waals surface area (Å²) in [5.41, 5.74) is 0.0563. The summed E-state index contributed by atoms with van der Waals surface area (Å²) in [6.07, 6.45) is 3.80. The van der Waals surface area contributed by atoms with Crippen LogP contribution < -0.4 is 4.74 Å². The standard InChI is InChI=1S/C18H19NO4/c1-19(2)8-7-17-14-10-3-4-11(20)15(14)23-16(17)12(21)5-6-18(17,22)13(19)9-10/h3-6,13,16,22H,7-9H2,1-2H3/p+1. The Hall–Kier alpha value is -1.85. The fourth-order valence-corrected chi connectivity index (χ4v) is 5.53. The molecule has 5 nitrogen and oxygen atoms in total. The number of phenolic OH excluding ortho intramolecular Hbond substituents is 1. The zero-order valence-corrected chi connectivity index (χ0v) is 13.2. The molecule has 2 heterocycles. The number of likely N-dealkylation sites (tertiary alicyclic amines) is 1. The van der Waals surface area contributed by atoms with E-state index in [0.29, 0.717) is 23.1 Å². The number of rotatable bonds is 0. The van der Waals surface area contributed by atoms with E-state index in [1.165, 1.54) is 6.08 Å². The third kappa shape index (κ3) is 1.24. The molecule has 0 saturated carbocycles. The molecule has 5 rings (SSSR count). The van der Waals surface area contributed by atoms with Crippen molar-refractivity contribution in [1.29, 1.82) is 0 Å². The fraction of sp³-hybridized carbons (Fsp3) is 0.500. The highest BCUT2D eigenvalue weighted by molar-refractivity contribution is 5.98. The number of carbonyl (C=O) groups excluding carboxylic acids is 1. The maximum Gasteiger partial charge on any atom is 0.197 e. The predicted molar refractivity (Wildman–Crippen MR) is 82.4 cm³/mol. The van der Waals surface area contributed by atoms with Gasteiger partial charge in [-0.1, -0.05) is 6.07 Å². The van der Waals surface area contributed by atoms with Gasteiger partial charge in [0.15, 0.2) is 23.4 Å². The number of aromatic hydroxyl groups is 1. The lowest BCUT2D eigenvalue weighted by molar-refractivity contribution is -0.929. The van der Waals surface area contributed by atoms with Crippen molar-refractivity contribution in [2.75, 3.05) is 20.6 Å². The second kappa shape index (κ2) is 3.62. The number of hydrogen-bond donors (Lipinski definition) is 2. The number of aliphatic hydroxyl groups is 1. The molecule has 1 saturated heterocycles. The first-order valence-corrected chi connectivity index (χ1v) is 8.11. The maximum atomic E-state index is 12.5. The molecule has 120 valence electrons. The third-order valence-electron chi connectivity index (χ3n) is 6.67. The molecule has 23 heavy (non-hydrogen) atoms. The van der Waals surface area contributed by atoms with E-state index in [0.717, 1.165) is 17.7 Å². The molecule has 5 heteroatoms. The molecule has 1 fully saturated rings. The number of benzene rings is 1. The average Bonchev–Trinajstić information content (AvgIpc) is 2.86. The highest BCUT2D eigenvalue weighted by Crippen LogP contribution is 2.64. The van der Waals surface area contributed by atoms with Crippen LogP contribution in [-0.4, -0.2) is 58.9 Å². The van der Waals surface area contributed by atoms with E-state index in [2.05, 4.69) is 14.1 Å². The normalized spacial score (nSPS) is 41.4. The van der Waals surface area contributed by atoms with Crippen LogP contribution in [0.2, 0.25) is 0 Å². The topological polar surface area (TPSA) is 66.8 Å². The zero-order valence-electron chi connectivity index (χ0n) is 13.2. The maximum absolute atomic E-state index is 12.5. The van der Waals surface area contributed by atoms with Crippen molar-refractivity contribution in [3.8, 4) is 11.5 Å². The lowest BCUT2D eigenvalue weighted by Crippen LogP contribution is -2.78. The van der Waals surface area contributed by atoms with Crippen molar-refractivity contribution < 1.29 is 24.2 Å². The van der Waals surface area contributed by atoms with Crippen LogP contribution in [0, 0.1) is 0 Å². The molecule has 0 aromatic heterocycles. The number of piperidine rings is 1. The van der Waals surface area contributed by atoms with E-state index >= 15 is 0 Å². The second-order valence-corrected chi connectivity index (χ2v) is 7.95. The van der Waals surface area contributed by atoms with E-state index in [4.69, 9.17) is 4.74 Å². The minimum Gasteiger partial charge on any atom is -0.504 e. The summed E-state index contributed by atoms with van der Waals surface area (Å²) in [6, 6.07) is 3.53. The monoisotopic (exact) mass is 314 g/mol. The number of ether oxygens (including phenoxy) is 1. The molecule has 2 aliphatic heterocycles. The number of ketones is 1. The van der Waals surface area contributed by atoms with Gasteiger partial charge in [0.1, 0.15) is 11.6 Å². The molecular formula is C18H20NO4+. The molecule has 0 amide bonds. The van der Waals surface area contributed by atoms with Crippen LogP contribution in [0.5, 0.6) is 11.5 Å². The van der Waals surface area contributed by atoms with Gasteiger partial charge in [-0.15, -0.1) is 0 Å². The van der Waals surface area contributed by atoms with E-state index in [9.17, 15) is 15.0 Å². The largest absolute Gasteiger partial charge is 0.504 e. The summed E-state index contributed by atoms with van der Waals surface area (Å²) >= 11 is 0. The molecule has 1 spiro atoms. The van der Waals surface area contributed by atoms with Crippen LogP contribution in [0.15, 0.2) is 24.3 Å². The second-order valence-electron chi connectivity index (χ2n) is 7.95.